The first-order valence-corrected chi connectivity index (χ1v) is 10.3. The third-order valence-corrected chi connectivity index (χ3v) is 6.86. The number of esters is 1. The summed E-state index contributed by atoms with van der Waals surface area (Å²) in [5.41, 5.74) is 1.39. The smallest absolute Gasteiger partial charge is 0.309 e. The number of thiophene rings is 1. The summed E-state index contributed by atoms with van der Waals surface area (Å²) in [7, 11) is 0. The summed E-state index contributed by atoms with van der Waals surface area (Å²) in [5, 5.41) is 15.4. The van der Waals surface area contributed by atoms with Crippen LogP contribution in [0.25, 0.3) is 0 Å². The quantitative estimate of drug-likeness (QED) is 0.772. The molecule has 27 heavy (non-hydrogen) atoms. The van der Waals surface area contributed by atoms with Crippen LogP contribution in [0.4, 0.5) is 5.00 Å². The molecule has 1 aromatic heterocycles. The predicted octanol–water partition coefficient (Wildman–Crippen LogP) is 2.42. The number of nitriles is 1. The Morgan fingerprint density at radius 2 is 1.96 bits per heavy atom. The van der Waals surface area contributed by atoms with Gasteiger partial charge in [-0.3, -0.25) is 9.59 Å². The fourth-order valence-corrected chi connectivity index (χ4v) is 5.75. The summed E-state index contributed by atoms with van der Waals surface area (Å²) in [5.74, 6) is -0.747. The van der Waals surface area contributed by atoms with Crippen molar-refractivity contribution < 1.29 is 19.6 Å². The van der Waals surface area contributed by atoms with Crippen LogP contribution < -0.4 is 10.6 Å². The van der Waals surface area contributed by atoms with E-state index in [0.29, 0.717) is 10.6 Å². The van der Waals surface area contributed by atoms with Crippen molar-refractivity contribution in [2.45, 2.75) is 70.9 Å². The van der Waals surface area contributed by atoms with Gasteiger partial charge in [-0.05, 0) is 46.1 Å². The molecule has 1 fully saturated rings. The van der Waals surface area contributed by atoms with Gasteiger partial charge in [0.05, 0.1) is 21.9 Å². The zero-order valence-electron chi connectivity index (χ0n) is 16.5. The fraction of sp³-hybridized carbons (Fsp3) is 0.650. The van der Waals surface area contributed by atoms with E-state index in [1.807, 2.05) is 0 Å². The van der Waals surface area contributed by atoms with Crippen LogP contribution in [0, 0.1) is 17.2 Å². The van der Waals surface area contributed by atoms with Gasteiger partial charge in [0.1, 0.15) is 16.6 Å². The first-order valence-electron chi connectivity index (χ1n) is 9.53. The SMILES string of the molecule is CC1(C)Cc2c(sc(NC(=O)COC(=O)C3CCCC3)c2C#N)C(C)(C)[NH2+]1. The first kappa shape index (κ1) is 19.8. The number of fused-ring (bicyclic) bond motifs is 1. The topological polar surface area (TPSA) is 95.8 Å². The van der Waals surface area contributed by atoms with E-state index in [1.165, 1.54) is 11.3 Å². The lowest BCUT2D eigenvalue weighted by Gasteiger charge is -2.38. The minimum absolute atomic E-state index is 0.0126. The number of rotatable bonds is 4. The molecule has 1 aliphatic carbocycles. The zero-order valence-corrected chi connectivity index (χ0v) is 17.3. The molecule has 2 heterocycles. The van der Waals surface area contributed by atoms with Crippen molar-refractivity contribution in [3.63, 3.8) is 0 Å². The highest BCUT2D eigenvalue weighted by Gasteiger charge is 2.44. The van der Waals surface area contributed by atoms with E-state index in [0.717, 1.165) is 42.5 Å². The van der Waals surface area contributed by atoms with Crippen molar-refractivity contribution in [2.75, 3.05) is 11.9 Å². The molecule has 7 heteroatoms. The zero-order chi connectivity index (χ0) is 19.8. The summed E-state index contributed by atoms with van der Waals surface area (Å²) in [6.45, 7) is 8.30. The Balaban J connectivity index is 1.72. The Hall–Kier alpha value is -1.91. The van der Waals surface area contributed by atoms with Crippen LogP contribution in [0.1, 0.15) is 69.4 Å². The number of quaternary nitrogens is 1. The second-order valence-corrected chi connectivity index (χ2v) is 9.91. The highest BCUT2D eigenvalue weighted by Crippen LogP contribution is 2.41. The van der Waals surface area contributed by atoms with Gasteiger partial charge in [0.15, 0.2) is 6.61 Å². The van der Waals surface area contributed by atoms with E-state index >= 15 is 0 Å². The van der Waals surface area contributed by atoms with Gasteiger partial charge < -0.3 is 15.4 Å². The van der Waals surface area contributed by atoms with Gasteiger partial charge in [-0.15, -0.1) is 11.3 Å². The molecule has 1 amide bonds. The third-order valence-electron chi connectivity index (χ3n) is 5.38. The lowest BCUT2D eigenvalue weighted by molar-refractivity contribution is -0.789. The molecule has 0 atom stereocenters. The molecule has 0 bridgehead atoms. The van der Waals surface area contributed by atoms with Gasteiger partial charge in [0.2, 0.25) is 0 Å². The molecule has 1 aliphatic heterocycles. The van der Waals surface area contributed by atoms with Crippen LogP contribution in [0.5, 0.6) is 0 Å². The number of nitrogens with one attached hydrogen (secondary N) is 1. The molecule has 0 saturated heterocycles. The van der Waals surface area contributed by atoms with Crippen LogP contribution in [-0.4, -0.2) is 24.0 Å². The average Bonchev–Trinajstić information content (AvgIpc) is 3.19. The summed E-state index contributed by atoms with van der Waals surface area (Å²) >= 11 is 1.46. The molecule has 146 valence electrons. The monoisotopic (exact) mass is 390 g/mol. The van der Waals surface area contributed by atoms with Crippen molar-refractivity contribution >= 4 is 28.2 Å². The lowest BCUT2D eigenvalue weighted by atomic mass is 9.81. The first-order chi connectivity index (χ1) is 12.6. The largest absolute Gasteiger partial charge is 0.455 e. The van der Waals surface area contributed by atoms with Gasteiger partial charge >= 0.3 is 5.97 Å². The Labute approximate surface area is 164 Å². The van der Waals surface area contributed by atoms with Crippen LogP contribution in [0.2, 0.25) is 0 Å². The van der Waals surface area contributed by atoms with Crippen molar-refractivity contribution in [3.05, 3.63) is 16.0 Å². The maximum atomic E-state index is 12.3. The number of carbonyl (C=O) groups excluding carboxylic acids is 2. The Bertz CT molecular complexity index is 798. The second-order valence-electron chi connectivity index (χ2n) is 8.89. The highest BCUT2D eigenvalue weighted by molar-refractivity contribution is 7.16. The fourth-order valence-electron chi connectivity index (χ4n) is 4.49. The number of ether oxygens (including phenoxy) is 1. The number of nitrogens with two attached hydrogens (primary N) is 1. The predicted molar refractivity (Wildman–Crippen MR) is 103 cm³/mol. The van der Waals surface area contributed by atoms with Gasteiger partial charge in [0, 0.05) is 6.42 Å². The molecule has 0 spiro atoms. The average molecular weight is 391 g/mol. The minimum atomic E-state index is -0.391. The highest BCUT2D eigenvalue weighted by atomic mass is 32.1. The third kappa shape index (κ3) is 4.17. The van der Waals surface area contributed by atoms with E-state index in [2.05, 4.69) is 44.4 Å². The maximum absolute atomic E-state index is 12.3. The van der Waals surface area contributed by atoms with Gasteiger partial charge in [-0.2, -0.15) is 5.26 Å². The number of nitrogens with zero attached hydrogens (tertiary/aromatic N) is 1. The lowest BCUT2D eigenvalue weighted by Crippen LogP contribution is -3.03. The molecule has 0 unspecified atom stereocenters. The molecule has 0 radical (unpaired) electrons. The molecular formula is C20H28N3O3S+. The number of hydrogen-bond donors (Lipinski definition) is 2. The van der Waals surface area contributed by atoms with Gasteiger partial charge in [-0.1, -0.05) is 12.8 Å². The second kappa shape index (κ2) is 7.25. The number of carbonyl (C=O) groups is 2. The van der Waals surface area contributed by atoms with Crippen molar-refractivity contribution in [1.82, 2.24) is 0 Å². The number of hydrogen-bond acceptors (Lipinski definition) is 5. The Morgan fingerprint density at radius 1 is 1.30 bits per heavy atom. The van der Waals surface area contributed by atoms with Crippen LogP contribution in [0.3, 0.4) is 0 Å². The Kier molecular flexibility index (Phi) is 5.33. The van der Waals surface area contributed by atoms with Crippen molar-refractivity contribution in [3.8, 4) is 6.07 Å². The van der Waals surface area contributed by atoms with E-state index in [4.69, 9.17) is 4.74 Å². The standard InChI is InChI=1S/C20H27N3O3S/c1-19(2)9-13-14(10-21)17(27-16(13)20(3,4)23-19)22-15(24)11-26-18(25)12-7-5-6-8-12/h12,23H,5-9,11H2,1-4H3,(H,22,24)/p+1. The van der Waals surface area contributed by atoms with Crippen LogP contribution >= 0.6 is 11.3 Å². The number of amides is 1. The van der Waals surface area contributed by atoms with E-state index in [1.54, 1.807) is 0 Å². The molecule has 6 nitrogen and oxygen atoms in total. The van der Waals surface area contributed by atoms with Gasteiger partial charge in [0.25, 0.3) is 5.91 Å². The van der Waals surface area contributed by atoms with Crippen LogP contribution in [-0.2, 0) is 26.3 Å². The van der Waals surface area contributed by atoms with Crippen molar-refractivity contribution in [1.29, 1.82) is 5.26 Å². The van der Waals surface area contributed by atoms with E-state index in [-0.39, 0.29) is 29.6 Å². The Morgan fingerprint density at radius 3 is 2.59 bits per heavy atom. The molecule has 0 aromatic carbocycles. The molecule has 3 N–H and O–H groups in total. The summed E-state index contributed by atoms with van der Waals surface area (Å²) < 4.78 is 5.17. The van der Waals surface area contributed by atoms with Crippen molar-refractivity contribution in [2.24, 2.45) is 5.92 Å². The molecule has 1 saturated carbocycles. The molecular weight excluding hydrogens is 362 g/mol. The van der Waals surface area contributed by atoms with Crippen LogP contribution in [0.15, 0.2) is 0 Å². The normalized spacial score (nSPS) is 20.6. The summed E-state index contributed by atoms with van der Waals surface area (Å²) in [4.78, 5) is 25.4. The van der Waals surface area contributed by atoms with E-state index in [9.17, 15) is 14.9 Å². The molecule has 3 rings (SSSR count). The summed E-state index contributed by atoms with van der Waals surface area (Å²) in [6.07, 6.45) is 4.55. The maximum Gasteiger partial charge on any atom is 0.309 e. The van der Waals surface area contributed by atoms with E-state index < -0.39 is 5.91 Å². The molecule has 2 aliphatic rings. The molecule has 1 aromatic rings. The summed E-state index contributed by atoms with van der Waals surface area (Å²) in [6, 6.07) is 2.27. The minimum Gasteiger partial charge on any atom is -0.455 e. The van der Waals surface area contributed by atoms with Gasteiger partial charge in [-0.25, -0.2) is 0 Å². The number of anilines is 1.